The van der Waals surface area contributed by atoms with Crippen molar-refractivity contribution < 1.29 is 14.7 Å². The number of nitrogens with one attached hydrogen (secondary N) is 1. The number of rotatable bonds is 4. The molecule has 0 fully saturated rings. The third-order valence-electron chi connectivity index (χ3n) is 2.69. The summed E-state index contributed by atoms with van der Waals surface area (Å²) in [6.45, 7) is 3.02. The van der Waals surface area contributed by atoms with Crippen LogP contribution < -0.4 is 10.9 Å². The molecule has 2 N–H and O–H groups in total. The molecule has 0 radical (unpaired) electrons. The van der Waals surface area contributed by atoms with Gasteiger partial charge in [0, 0.05) is 19.7 Å². The molecule has 1 aromatic rings. The Labute approximate surface area is 104 Å². The zero-order valence-electron chi connectivity index (χ0n) is 10.6. The van der Waals surface area contributed by atoms with E-state index in [1.807, 2.05) is 0 Å². The van der Waals surface area contributed by atoms with Gasteiger partial charge in [0.1, 0.15) is 5.69 Å². The summed E-state index contributed by atoms with van der Waals surface area (Å²) in [6.07, 6.45) is 0. The summed E-state index contributed by atoms with van der Waals surface area (Å²) in [5.41, 5.74) is -1.15. The van der Waals surface area contributed by atoms with Crippen molar-refractivity contribution in [3.63, 3.8) is 0 Å². The van der Waals surface area contributed by atoms with E-state index in [-0.39, 0.29) is 17.8 Å². The van der Waals surface area contributed by atoms with E-state index >= 15 is 0 Å². The Morgan fingerprint density at radius 2 is 2.00 bits per heavy atom. The van der Waals surface area contributed by atoms with E-state index in [1.54, 1.807) is 0 Å². The van der Waals surface area contributed by atoms with E-state index in [9.17, 15) is 14.4 Å². The van der Waals surface area contributed by atoms with Gasteiger partial charge in [0.2, 0.25) is 0 Å². The molecule has 0 saturated carbocycles. The molecule has 0 aliphatic heterocycles. The number of hydrogen-bond donors (Lipinski definition) is 2. The molecule has 98 valence electrons. The lowest BCUT2D eigenvalue weighted by molar-refractivity contribution is -0.146. The van der Waals surface area contributed by atoms with Crippen LogP contribution in [0.5, 0.6) is 0 Å². The maximum Gasteiger partial charge on any atom is 0.310 e. The Morgan fingerprint density at radius 3 is 2.56 bits per heavy atom. The van der Waals surface area contributed by atoms with E-state index in [4.69, 9.17) is 5.11 Å². The first kappa shape index (κ1) is 14.0. The van der Waals surface area contributed by atoms with Gasteiger partial charge in [0.15, 0.2) is 0 Å². The summed E-state index contributed by atoms with van der Waals surface area (Å²) in [7, 11) is 1.49. The predicted molar refractivity (Wildman–Crippen MR) is 65.4 cm³/mol. The number of amides is 1. The Balaban J connectivity index is 2.82. The van der Waals surface area contributed by atoms with Crippen LogP contribution in [0.4, 0.5) is 0 Å². The number of aromatic nitrogens is 1. The van der Waals surface area contributed by atoms with Crippen LogP contribution in [0, 0.1) is 5.41 Å². The first-order valence-electron chi connectivity index (χ1n) is 5.43. The van der Waals surface area contributed by atoms with Crippen LogP contribution in [0.1, 0.15) is 24.3 Å². The molecule has 1 rings (SSSR count). The van der Waals surface area contributed by atoms with Crippen LogP contribution >= 0.6 is 0 Å². The van der Waals surface area contributed by atoms with Gasteiger partial charge in [-0.15, -0.1) is 0 Å². The summed E-state index contributed by atoms with van der Waals surface area (Å²) < 4.78 is 1.21. The van der Waals surface area contributed by atoms with Gasteiger partial charge in [-0.1, -0.05) is 6.07 Å². The van der Waals surface area contributed by atoms with Crippen molar-refractivity contribution in [2.75, 3.05) is 6.54 Å². The van der Waals surface area contributed by atoms with Crippen molar-refractivity contribution in [1.82, 2.24) is 9.88 Å². The maximum absolute atomic E-state index is 11.8. The summed E-state index contributed by atoms with van der Waals surface area (Å²) in [5, 5.41) is 11.4. The van der Waals surface area contributed by atoms with Crippen LogP contribution in [0.3, 0.4) is 0 Å². The maximum atomic E-state index is 11.8. The molecule has 6 heteroatoms. The molecule has 0 spiro atoms. The van der Waals surface area contributed by atoms with Gasteiger partial charge in [-0.3, -0.25) is 14.4 Å². The smallest absolute Gasteiger partial charge is 0.310 e. The number of nitrogens with zero attached hydrogens (tertiary/aromatic N) is 1. The number of aliphatic carboxylic acids is 1. The zero-order valence-corrected chi connectivity index (χ0v) is 10.6. The van der Waals surface area contributed by atoms with E-state index in [0.717, 1.165) is 0 Å². The lowest BCUT2D eigenvalue weighted by atomic mass is 9.94. The van der Waals surface area contributed by atoms with Crippen LogP contribution in [0.15, 0.2) is 23.0 Å². The van der Waals surface area contributed by atoms with Gasteiger partial charge >= 0.3 is 5.97 Å². The minimum atomic E-state index is -1.05. The van der Waals surface area contributed by atoms with Crippen LogP contribution in [-0.2, 0) is 11.8 Å². The molecule has 0 bridgehead atoms. The van der Waals surface area contributed by atoms with Gasteiger partial charge in [0.05, 0.1) is 5.41 Å². The largest absolute Gasteiger partial charge is 0.481 e. The van der Waals surface area contributed by atoms with Gasteiger partial charge in [-0.25, -0.2) is 0 Å². The number of carboxylic acid groups (broad SMARTS) is 1. The van der Waals surface area contributed by atoms with Crippen molar-refractivity contribution in [1.29, 1.82) is 0 Å². The predicted octanol–water partition coefficient (Wildman–Crippen LogP) is 0.226. The van der Waals surface area contributed by atoms with Crippen molar-refractivity contribution in [2.24, 2.45) is 12.5 Å². The second-order valence-corrected chi connectivity index (χ2v) is 4.68. The Bertz CT molecular complexity index is 531. The standard InChI is InChI=1S/C12H16N2O4/c1-12(2,11(17)18)7-13-10(16)8-5-4-6-9(15)14(8)3/h4-6H,7H2,1-3H3,(H,13,16)(H,17,18). The molecule has 1 amide bonds. The van der Waals surface area contributed by atoms with Crippen LogP contribution in [-0.4, -0.2) is 28.1 Å². The average Bonchev–Trinajstić information content (AvgIpc) is 2.29. The monoisotopic (exact) mass is 252 g/mol. The van der Waals surface area contributed by atoms with Crippen LogP contribution in [0.25, 0.3) is 0 Å². The second-order valence-electron chi connectivity index (χ2n) is 4.68. The summed E-state index contributed by atoms with van der Waals surface area (Å²) in [4.78, 5) is 34.1. The highest BCUT2D eigenvalue weighted by molar-refractivity contribution is 5.92. The highest BCUT2D eigenvalue weighted by Crippen LogP contribution is 2.13. The van der Waals surface area contributed by atoms with Crippen molar-refractivity contribution in [3.8, 4) is 0 Å². The first-order valence-corrected chi connectivity index (χ1v) is 5.43. The fourth-order valence-electron chi connectivity index (χ4n) is 1.26. The second kappa shape index (κ2) is 5.03. The molecule has 6 nitrogen and oxygen atoms in total. The zero-order chi connectivity index (χ0) is 13.9. The minimum Gasteiger partial charge on any atom is -0.481 e. The molecule has 0 aliphatic carbocycles. The van der Waals surface area contributed by atoms with E-state index in [0.29, 0.717) is 0 Å². The molecule has 0 aromatic carbocycles. The topological polar surface area (TPSA) is 88.4 Å². The number of hydrogen-bond acceptors (Lipinski definition) is 3. The fourth-order valence-corrected chi connectivity index (χ4v) is 1.26. The van der Waals surface area contributed by atoms with Crippen molar-refractivity contribution in [3.05, 3.63) is 34.2 Å². The normalized spacial score (nSPS) is 11.1. The van der Waals surface area contributed by atoms with Crippen LogP contribution in [0.2, 0.25) is 0 Å². The average molecular weight is 252 g/mol. The Kier molecular flexibility index (Phi) is 3.90. The molecule has 0 saturated heterocycles. The van der Waals surface area contributed by atoms with Gasteiger partial charge in [0.25, 0.3) is 11.5 Å². The molecule has 18 heavy (non-hydrogen) atoms. The number of pyridine rings is 1. The summed E-state index contributed by atoms with van der Waals surface area (Å²) in [6, 6.07) is 4.34. The minimum absolute atomic E-state index is 0.00967. The highest BCUT2D eigenvalue weighted by atomic mass is 16.4. The highest BCUT2D eigenvalue weighted by Gasteiger charge is 2.27. The van der Waals surface area contributed by atoms with Crippen molar-refractivity contribution in [2.45, 2.75) is 13.8 Å². The quantitative estimate of drug-likeness (QED) is 0.802. The molecule has 0 unspecified atom stereocenters. The fraction of sp³-hybridized carbons (Fsp3) is 0.417. The first-order chi connectivity index (χ1) is 8.25. The summed E-state index contributed by atoms with van der Waals surface area (Å²) >= 11 is 0. The molecular weight excluding hydrogens is 236 g/mol. The lowest BCUT2D eigenvalue weighted by Crippen LogP contribution is -2.40. The van der Waals surface area contributed by atoms with Gasteiger partial charge in [-0.05, 0) is 19.9 Å². The SMILES string of the molecule is Cn1c(C(=O)NCC(C)(C)C(=O)O)cccc1=O. The Morgan fingerprint density at radius 1 is 1.39 bits per heavy atom. The molecular formula is C12H16N2O4. The third-order valence-corrected chi connectivity index (χ3v) is 2.69. The third kappa shape index (κ3) is 2.97. The van der Waals surface area contributed by atoms with E-state index in [1.165, 1.54) is 43.7 Å². The van der Waals surface area contributed by atoms with E-state index in [2.05, 4.69) is 5.32 Å². The van der Waals surface area contributed by atoms with E-state index < -0.39 is 17.3 Å². The summed E-state index contributed by atoms with van der Waals surface area (Å²) in [5.74, 6) is -1.46. The van der Waals surface area contributed by atoms with Gasteiger partial charge in [-0.2, -0.15) is 0 Å². The number of carbonyl (C=O) groups is 2. The van der Waals surface area contributed by atoms with Crippen molar-refractivity contribution >= 4 is 11.9 Å². The molecule has 0 aliphatic rings. The number of carboxylic acids is 1. The molecule has 1 heterocycles. The molecule has 0 atom stereocenters. The van der Waals surface area contributed by atoms with Gasteiger partial charge < -0.3 is 15.0 Å². The molecule has 1 aromatic heterocycles. The number of carbonyl (C=O) groups excluding carboxylic acids is 1. The Hall–Kier alpha value is -2.11. The lowest BCUT2D eigenvalue weighted by Gasteiger charge is -2.19.